The number of unbranched alkanes of at least 4 members (excludes halogenated alkanes) is 1. The molecule has 2 unspecified atom stereocenters. The Hall–Kier alpha value is -0.440. The van der Waals surface area contributed by atoms with E-state index < -0.39 is 0 Å². The zero-order valence-corrected chi connectivity index (χ0v) is 11.3. The fourth-order valence-corrected chi connectivity index (χ4v) is 1.52. The summed E-state index contributed by atoms with van der Waals surface area (Å²) in [7, 11) is 0. The second-order valence-electron chi connectivity index (χ2n) is 5.20. The highest BCUT2D eigenvalue weighted by atomic mass is 14.1. The van der Waals surface area contributed by atoms with Gasteiger partial charge in [0.2, 0.25) is 0 Å². The van der Waals surface area contributed by atoms with Gasteiger partial charge in [0.05, 0.1) is 0 Å². The molecule has 15 heavy (non-hydrogen) atoms. The highest BCUT2D eigenvalue weighted by Gasteiger charge is 2.00. The van der Waals surface area contributed by atoms with Crippen molar-refractivity contribution in [1.82, 2.24) is 0 Å². The van der Waals surface area contributed by atoms with Crippen LogP contribution in [0.4, 0.5) is 0 Å². The van der Waals surface area contributed by atoms with Crippen LogP contribution in [0.15, 0.2) is 0 Å². The minimum atomic E-state index is 0.580. The van der Waals surface area contributed by atoms with E-state index >= 15 is 0 Å². The van der Waals surface area contributed by atoms with Gasteiger partial charge in [-0.2, -0.15) is 0 Å². The maximum atomic E-state index is 3.40. The lowest BCUT2D eigenvalue weighted by Crippen LogP contribution is -1.96. The van der Waals surface area contributed by atoms with Gasteiger partial charge in [-0.15, -0.1) is 0 Å². The van der Waals surface area contributed by atoms with E-state index in [0.717, 1.165) is 5.92 Å². The van der Waals surface area contributed by atoms with Crippen LogP contribution in [0.25, 0.3) is 0 Å². The summed E-state index contributed by atoms with van der Waals surface area (Å²) < 4.78 is 0. The van der Waals surface area contributed by atoms with Crippen LogP contribution in [-0.2, 0) is 0 Å². The molecule has 0 bridgehead atoms. The Balaban J connectivity index is 3.73. The Morgan fingerprint density at radius 1 is 0.800 bits per heavy atom. The quantitative estimate of drug-likeness (QED) is 0.545. The smallest absolute Gasteiger partial charge is 0.0174 e. The molecule has 0 rings (SSSR count). The van der Waals surface area contributed by atoms with Crippen molar-refractivity contribution in [1.29, 1.82) is 0 Å². The molecule has 0 aromatic carbocycles. The van der Waals surface area contributed by atoms with Crippen molar-refractivity contribution in [2.24, 2.45) is 17.8 Å². The van der Waals surface area contributed by atoms with Gasteiger partial charge in [-0.3, -0.25) is 0 Å². The molecule has 0 heteroatoms. The van der Waals surface area contributed by atoms with Crippen LogP contribution >= 0.6 is 0 Å². The van der Waals surface area contributed by atoms with Crippen LogP contribution in [0.5, 0.6) is 0 Å². The summed E-state index contributed by atoms with van der Waals surface area (Å²) in [6.45, 7) is 11.3. The predicted molar refractivity (Wildman–Crippen MR) is 69.7 cm³/mol. The Kier molecular flexibility index (Phi) is 8.58. The molecular weight excluding hydrogens is 180 g/mol. The Morgan fingerprint density at radius 2 is 1.33 bits per heavy atom. The summed E-state index contributed by atoms with van der Waals surface area (Å²) >= 11 is 0. The van der Waals surface area contributed by atoms with Crippen LogP contribution in [-0.4, -0.2) is 0 Å². The minimum absolute atomic E-state index is 0.580. The van der Waals surface area contributed by atoms with Crippen molar-refractivity contribution in [3.8, 4) is 11.8 Å². The molecule has 0 aromatic rings. The monoisotopic (exact) mass is 208 g/mol. The van der Waals surface area contributed by atoms with Crippen molar-refractivity contribution in [2.75, 3.05) is 0 Å². The number of hydrogen-bond acceptors (Lipinski definition) is 0. The van der Waals surface area contributed by atoms with Gasteiger partial charge >= 0.3 is 0 Å². The van der Waals surface area contributed by atoms with Gasteiger partial charge in [0.1, 0.15) is 0 Å². The summed E-state index contributed by atoms with van der Waals surface area (Å²) in [6, 6.07) is 0. The molecule has 0 fully saturated rings. The van der Waals surface area contributed by atoms with Crippen LogP contribution < -0.4 is 0 Å². The molecule has 88 valence electrons. The molecule has 0 spiro atoms. The lowest BCUT2D eigenvalue weighted by molar-refractivity contribution is 0.508. The maximum absolute atomic E-state index is 3.40. The average molecular weight is 208 g/mol. The summed E-state index contributed by atoms with van der Waals surface area (Å²) in [6.07, 6.45) is 6.43. The van der Waals surface area contributed by atoms with Gasteiger partial charge in [-0.25, -0.2) is 0 Å². The molecular formula is C15H28. The molecule has 0 heterocycles. The second-order valence-corrected chi connectivity index (χ2v) is 5.20. The zero-order chi connectivity index (χ0) is 11.7. The molecule has 0 aliphatic carbocycles. The highest BCUT2D eigenvalue weighted by Crippen LogP contribution is 2.12. The topological polar surface area (TPSA) is 0 Å². The first-order valence-corrected chi connectivity index (χ1v) is 6.57. The fraction of sp³-hybridized carbons (Fsp3) is 0.867. The van der Waals surface area contributed by atoms with Crippen LogP contribution in [0.2, 0.25) is 0 Å². The molecule has 0 N–H and O–H groups in total. The fourth-order valence-electron chi connectivity index (χ4n) is 1.52. The van der Waals surface area contributed by atoms with E-state index in [9.17, 15) is 0 Å². The largest absolute Gasteiger partial charge is 0.0999 e. The molecule has 0 amide bonds. The van der Waals surface area contributed by atoms with Crippen LogP contribution in [0.1, 0.15) is 66.7 Å². The van der Waals surface area contributed by atoms with Crippen LogP contribution in [0, 0.1) is 29.6 Å². The summed E-state index contributed by atoms with van der Waals surface area (Å²) in [4.78, 5) is 0. The average Bonchev–Trinajstić information content (AvgIpc) is 2.20. The van der Waals surface area contributed by atoms with Gasteiger partial charge in [0.15, 0.2) is 0 Å². The minimum Gasteiger partial charge on any atom is -0.0999 e. The Labute approximate surface area is 96.8 Å². The molecule has 0 aliphatic heterocycles. The van der Waals surface area contributed by atoms with E-state index in [1.165, 1.54) is 32.1 Å². The Bertz CT molecular complexity index is 192. The van der Waals surface area contributed by atoms with Crippen LogP contribution in [0.3, 0.4) is 0 Å². The SMILES string of the molecule is CCCCC(C)C#CC(C)CCC(C)C. The molecule has 2 atom stereocenters. The number of hydrogen-bond donors (Lipinski definition) is 0. The van der Waals surface area contributed by atoms with E-state index in [2.05, 4.69) is 46.5 Å². The lowest BCUT2D eigenvalue weighted by Gasteiger charge is -2.07. The zero-order valence-electron chi connectivity index (χ0n) is 11.3. The van der Waals surface area contributed by atoms with Crippen molar-refractivity contribution in [2.45, 2.75) is 66.7 Å². The van der Waals surface area contributed by atoms with Crippen molar-refractivity contribution in [3.63, 3.8) is 0 Å². The van der Waals surface area contributed by atoms with Crippen molar-refractivity contribution in [3.05, 3.63) is 0 Å². The molecule has 0 aliphatic rings. The summed E-state index contributed by atoms with van der Waals surface area (Å²) in [5.41, 5.74) is 0. The van der Waals surface area contributed by atoms with E-state index in [0.29, 0.717) is 11.8 Å². The first kappa shape index (κ1) is 14.6. The third-order valence-electron chi connectivity index (χ3n) is 2.74. The summed E-state index contributed by atoms with van der Waals surface area (Å²) in [5, 5.41) is 0. The summed E-state index contributed by atoms with van der Waals surface area (Å²) in [5.74, 6) is 8.77. The van der Waals surface area contributed by atoms with E-state index in [-0.39, 0.29) is 0 Å². The first-order chi connectivity index (χ1) is 7.06. The van der Waals surface area contributed by atoms with Crippen molar-refractivity contribution >= 4 is 0 Å². The third kappa shape index (κ3) is 9.85. The first-order valence-electron chi connectivity index (χ1n) is 6.57. The molecule has 0 radical (unpaired) electrons. The Morgan fingerprint density at radius 3 is 1.80 bits per heavy atom. The van der Waals surface area contributed by atoms with Gasteiger partial charge in [0.25, 0.3) is 0 Å². The third-order valence-corrected chi connectivity index (χ3v) is 2.74. The van der Waals surface area contributed by atoms with Gasteiger partial charge in [-0.1, -0.05) is 59.3 Å². The maximum Gasteiger partial charge on any atom is 0.0174 e. The lowest BCUT2D eigenvalue weighted by atomic mass is 9.98. The highest BCUT2D eigenvalue weighted by molar-refractivity contribution is 5.05. The van der Waals surface area contributed by atoms with E-state index in [1.54, 1.807) is 0 Å². The van der Waals surface area contributed by atoms with Gasteiger partial charge in [0, 0.05) is 11.8 Å². The van der Waals surface area contributed by atoms with Gasteiger partial charge < -0.3 is 0 Å². The molecule has 0 saturated heterocycles. The molecule has 0 nitrogen and oxygen atoms in total. The van der Waals surface area contributed by atoms with Gasteiger partial charge in [-0.05, 0) is 25.2 Å². The van der Waals surface area contributed by atoms with Crippen molar-refractivity contribution < 1.29 is 0 Å². The predicted octanol–water partition coefficient (Wildman–Crippen LogP) is 4.89. The van der Waals surface area contributed by atoms with E-state index in [4.69, 9.17) is 0 Å². The number of rotatable bonds is 6. The second kappa shape index (κ2) is 8.84. The standard InChI is InChI=1S/C15H28/c1-6-7-8-14(4)11-12-15(5)10-9-13(2)3/h13-15H,6-10H2,1-5H3. The molecule has 0 saturated carbocycles. The normalized spacial score (nSPS) is 14.5. The van der Waals surface area contributed by atoms with E-state index in [1.807, 2.05) is 0 Å². The molecule has 0 aromatic heterocycles.